The van der Waals surface area contributed by atoms with Crippen molar-refractivity contribution >= 4 is 27.5 Å². The summed E-state index contributed by atoms with van der Waals surface area (Å²) in [6.07, 6.45) is 1.89. The summed E-state index contributed by atoms with van der Waals surface area (Å²) >= 11 is 3.42. The molecule has 0 N–H and O–H groups in total. The molecule has 92 valence electrons. The van der Waals surface area contributed by atoms with E-state index in [-0.39, 0.29) is 5.97 Å². The highest BCUT2D eigenvalue weighted by Crippen LogP contribution is 2.20. The summed E-state index contributed by atoms with van der Waals surface area (Å²) in [5.41, 5.74) is 2.16. The Morgan fingerprint density at radius 2 is 2.00 bits per heavy atom. The van der Waals surface area contributed by atoms with Crippen LogP contribution in [0.3, 0.4) is 0 Å². The molecule has 0 aliphatic rings. The zero-order valence-corrected chi connectivity index (χ0v) is 11.5. The second-order valence-electron chi connectivity index (χ2n) is 3.39. The van der Waals surface area contributed by atoms with Gasteiger partial charge in [0, 0.05) is 12.3 Å². The minimum atomic E-state index is -0.273. The Balaban J connectivity index is 2.74. The van der Waals surface area contributed by atoms with Gasteiger partial charge in [0.2, 0.25) is 0 Å². The van der Waals surface area contributed by atoms with E-state index in [0.29, 0.717) is 11.9 Å². The van der Waals surface area contributed by atoms with E-state index in [0.717, 1.165) is 16.9 Å². The Labute approximate surface area is 110 Å². The summed E-state index contributed by atoms with van der Waals surface area (Å²) in [5, 5.41) is 0.709. The highest BCUT2D eigenvalue weighted by atomic mass is 79.9. The van der Waals surface area contributed by atoms with Crippen molar-refractivity contribution in [3.63, 3.8) is 0 Å². The van der Waals surface area contributed by atoms with Gasteiger partial charge < -0.3 is 9.47 Å². The molecular formula is C13H15BrO3. The van der Waals surface area contributed by atoms with Crippen molar-refractivity contribution in [2.24, 2.45) is 0 Å². The summed E-state index contributed by atoms with van der Waals surface area (Å²) in [7, 11) is 1.64. The lowest BCUT2D eigenvalue weighted by Crippen LogP contribution is -1.99. The number of esters is 1. The molecule has 1 aromatic rings. The second-order valence-corrected chi connectivity index (χ2v) is 3.95. The van der Waals surface area contributed by atoms with Crippen molar-refractivity contribution in [1.29, 1.82) is 0 Å². The van der Waals surface area contributed by atoms with Crippen molar-refractivity contribution in [2.45, 2.75) is 6.92 Å². The predicted octanol–water partition coefficient (Wildman–Crippen LogP) is 3.04. The Hall–Kier alpha value is -1.29. The lowest BCUT2D eigenvalue weighted by Gasteiger charge is -2.06. The fourth-order valence-electron chi connectivity index (χ4n) is 1.31. The van der Waals surface area contributed by atoms with Crippen LogP contribution in [0.15, 0.2) is 30.3 Å². The molecule has 1 aromatic carbocycles. The SMILES string of the molecule is COc1ccc(/C(=C\COC(C)=O)CBr)cc1. The molecule has 0 spiro atoms. The van der Waals surface area contributed by atoms with Crippen LogP contribution in [0.5, 0.6) is 5.75 Å². The fourth-order valence-corrected chi connectivity index (χ4v) is 1.87. The third-order valence-electron chi connectivity index (χ3n) is 2.22. The molecular weight excluding hydrogens is 284 g/mol. The minimum absolute atomic E-state index is 0.273. The third-order valence-corrected chi connectivity index (χ3v) is 2.83. The standard InChI is InChI=1S/C13H15BrO3/c1-10(15)17-8-7-12(9-14)11-3-5-13(16-2)6-4-11/h3-7H,8-9H2,1-2H3/b12-7-. The lowest BCUT2D eigenvalue weighted by atomic mass is 10.1. The van der Waals surface area contributed by atoms with Crippen LogP contribution in [0.1, 0.15) is 12.5 Å². The number of carbonyl (C=O) groups excluding carboxylic acids is 1. The number of hydrogen-bond donors (Lipinski definition) is 0. The van der Waals surface area contributed by atoms with Crippen molar-refractivity contribution < 1.29 is 14.3 Å². The number of methoxy groups -OCH3 is 1. The molecule has 0 fully saturated rings. The van der Waals surface area contributed by atoms with E-state index in [1.54, 1.807) is 7.11 Å². The zero-order chi connectivity index (χ0) is 12.7. The first kappa shape index (κ1) is 13.8. The van der Waals surface area contributed by atoms with Crippen molar-refractivity contribution in [3.05, 3.63) is 35.9 Å². The van der Waals surface area contributed by atoms with E-state index < -0.39 is 0 Å². The van der Waals surface area contributed by atoms with Crippen LogP contribution in [0, 0.1) is 0 Å². The first-order chi connectivity index (χ1) is 8.17. The normalized spacial score (nSPS) is 11.1. The monoisotopic (exact) mass is 298 g/mol. The number of alkyl halides is 1. The molecule has 0 aliphatic heterocycles. The average molecular weight is 299 g/mol. The fraction of sp³-hybridized carbons (Fsp3) is 0.308. The Morgan fingerprint density at radius 1 is 1.35 bits per heavy atom. The van der Waals surface area contributed by atoms with Gasteiger partial charge in [-0.2, -0.15) is 0 Å². The van der Waals surface area contributed by atoms with Gasteiger partial charge in [0.1, 0.15) is 12.4 Å². The van der Waals surface area contributed by atoms with E-state index in [9.17, 15) is 4.79 Å². The van der Waals surface area contributed by atoms with Gasteiger partial charge in [-0.3, -0.25) is 4.79 Å². The molecule has 0 amide bonds. The maximum atomic E-state index is 10.7. The number of ether oxygens (including phenoxy) is 2. The summed E-state index contributed by atoms with van der Waals surface area (Å²) in [5.74, 6) is 0.549. The number of allylic oxidation sites excluding steroid dienone is 1. The van der Waals surface area contributed by atoms with Crippen molar-refractivity contribution in [1.82, 2.24) is 0 Å². The molecule has 1 rings (SSSR count). The average Bonchev–Trinajstić information content (AvgIpc) is 2.34. The molecule has 0 saturated carbocycles. The van der Waals surface area contributed by atoms with Gasteiger partial charge in [-0.1, -0.05) is 28.1 Å². The Morgan fingerprint density at radius 3 is 2.47 bits per heavy atom. The second kappa shape index (κ2) is 7.12. The molecule has 17 heavy (non-hydrogen) atoms. The molecule has 3 nitrogen and oxygen atoms in total. The molecule has 4 heteroatoms. The van der Waals surface area contributed by atoms with Crippen LogP contribution < -0.4 is 4.74 Å². The molecule has 0 saturated heterocycles. The zero-order valence-electron chi connectivity index (χ0n) is 9.90. The van der Waals surface area contributed by atoms with Gasteiger partial charge in [0.05, 0.1) is 7.11 Å². The number of benzene rings is 1. The van der Waals surface area contributed by atoms with Gasteiger partial charge in [-0.25, -0.2) is 0 Å². The van der Waals surface area contributed by atoms with E-state index >= 15 is 0 Å². The van der Waals surface area contributed by atoms with Gasteiger partial charge in [-0.05, 0) is 29.3 Å². The molecule has 0 radical (unpaired) electrons. The lowest BCUT2D eigenvalue weighted by molar-refractivity contribution is -0.139. The number of halogens is 1. The van der Waals surface area contributed by atoms with E-state index in [1.165, 1.54) is 6.92 Å². The highest BCUT2D eigenvalue weighted by Gasteiger charge is 2.01. The predicted molar refractivity (Wildman–Crippen MR) is 71.4 cm³/mol. The first-order valence-electron chi connectivity index (χ1n) is 5.20. The number of hydrogen-bond acceptors (Lipinski definition) is 3. The van der Waals surface area contributed by atoms with Gasteiger partial charge >= 0.3 is 5.97 Å². The summed E-state index contributed by atoms with van der Waals surface area (Å²) in [6.45, 7) is 1.69. The summed E-state index contributed by atoms with van der Waals surface area (Å²) in [4.78, 5) is 10.7. The molecule has 0 bridgehead atoms. The van der Waals surface area contributed by atoms with Crippen molar-refractivity contribution in [3.8, 4) is 5.75 Å². The van der Waals surface area contributed by atoms with E-state index in [1.807, 2.05) is 30.3 Å². The van der Waals surface area contributed by atoms with E-state index in [2.05, 4.69) is 15.9 Å². The quantitative estimate of drug-likeness (QED) is 0.619. The topological polar surface area (TPSA) is 35.5 Å². The molecule has 0 atom stereocenters. The maximum Gasteiger partial charge on any atom is 0.302 e. The molecule has 0 aromatic heterocycles. The largest absolute Gasteiger partial charge is 0.497 e. The Bertz CT molecular complexity index is 396. The van der Waals surface area contributed by atoms with Crippen LogP contribution in [0.2, 0.25) is 0 Å². The first-order valence-corrected chi connectivity index (χ1v) is 6.32. The van der Waals surface area contributed by atoms with Crippen LogP contribution in [-0.2, 0) is 9.53 Å². The van der Waals surface area contributed by atoms with Gasteiger partial charge in [-0.15, -0.1) is 0 Å². The van der Waals surface area contributed by atoms with Crippen molar-refractivity contribution in [2.75, 3.05) is 19.0 Å². The minimum Gasteiger partial charge on any atom is -0.497 e. The molecule has 0 aliphatic carbocycles. The van der Waals surface area contributed by atoms with E-state index in [4.69, 9.17) is 9.47 Å². The highest BCUT2D eigenvalue weighted by molar-refractivity contribution is 9.09. The van der Waals surface area contributed by atoms with Gasteiger partial charge in [0.25, 0.3) is 0 Å². The van der Waals surface area contributed by atoms with Crippen LogP contribution in [0.25, 0.3) is 5.57 Å². The summed E-state index contributed by atoms with van der Waals surface area (Å²) in [6, 6.07) is 7.74. The Kier molecular flexibility index (Phi) is 5.77. The van der Waals surface area contributed by atoms with Gasteiger partial charge in [0.15, 0.2) is 0 Å². The number of rotatable bonds is 5. The van der Waals surface area contributed by atoms with Crippen LogP contribution >= 0.6 is 15.9 Å². The molecule has 0 unspecified atom stereocenters. The third kappa shape index (κ3) is 4.61. The number of carbonyl (C=O) groups is 1. The molecule has 0 heterocycles. The van der Waals surface area contributed by atoms with Crippen LogP contribution in [0.4, 0.5) is 0 Å². The smallest absolute Gasteiger partial charge is 0.302 e. The summed E-state index contributed by atoms with van der Waals surface area (Å²) < 4.78 is 9.97. The van der Waals surface area contributed by atoms with Crippen LogP contribution in [-0.4, -0.2) is 25.0 Å². The maximum absolute atomic E-state index is 10.7.